The van der Waals surface area contributed by atoms with Crippen molar-refractivity contribution in [3.05, 3.63) is 53.6 Å². The zero-order valence-electron chi connectivity index (χ0n) is 28.2. The van der Waals surface area contributed by atoms with E-state index in [1.54, 1.807) is 0 Å². The van der Waals surface area contributed by atoms with Gasteiger partial charge in [-0.3, -0.25) is 4.79 Å². The van der Waals surface area contributed by atoms with Crippen LogP contribution in [0.3, 0.4) is 0 Å². The lowest BCUT2D eigenvalue weighted by Gasteiger charge is -2.43. The molecule has 4 saturated heterocycles. The van der Waals surface area contributed by atoms with E-state index in [4.69, 9.17) is 9.72 Å². The summed E-state index contributed by atoms with van der Waals surface area (Å²) in [4.78, 5) is 26.4. The molecule has 13 heteroatoms. The maximum absolute atomic E-state index is 16.8. The van der Waals surface area contributed by atoms with Crippen LogP contribution in [0.4, 0.5) is 23.4 Å². The molecule has 5 fully saturated rings. The summed E-state index contributed by atoms with van der Waals surface area (Å²) in [5.41, 5.74) is -1.54. The molecule has 4 aromatic rings. The monoisotopic (exact) mass is 704 g/mol. The molecule has 5 heterocycles. The van der Waals surface area contributed by atoms with Gasteiger partial charge in [-0.2, -0.15) is 9.97 Å². The quantitative estimate of drug-likeness (QED) is 0.208. The van der Waals surface area contributed by atoms with Crippen LogP contribution in [0.25, 0.3) is 32.8 Å². The maximum atomic E-state index is 16.8. The second-order valence-electron chi connectivity index (χ2n) is 15.5. The largest absolute Gasteiger partial charge is 0.508 e. The van der Waals surface area contributed by atoms with Crippen molar-refractivity contribution in [2.75, 3.05) is 50.8 Å². The number of hydrogen-bond donors (Lipinski definition) is 3. The van der Waals surface area contributed by atoms with Crippen molar-refractivity contribution < 1.29 is 32.2 Å². The first-order valence-electron chi connectivity index (χ1n) is 18.1. The van der Waals surface area contributed by atoms with Gasteiger partial charge >= 0.3 is 6.01 Å². The van der Waals surface area contributed by atoms with Gasteiger partial charge in [0.15, 0.2) is 17.5 Å². The van der Waals surface area contributed by atoms with Gasteiger partial charge in [-0.1, -0.05) is 6.07 Å². The van der Waals surface area contributed by atoms with Crippen LogP contribution in [0.5, 0.6) is 11.8 Å². The first-order chi connectivity index (χ1) is 24.6. The molecule has 2 unspecified atom stereocenters. The first kappa shape index (κ1) is 32.7. The van der Waals surface area contributed by atoms with Crippen molar-refractivity contribution in [1.29, 1.82) is 0 Å². The number of rotatable bonds is 7. The molecule has 1 aliphatic carbocycles. The molecule has 1 amide bonds. The smallest absolute Gasteiger partial charge is 0.319 e. The number of phenolic OH excluding ortho intramolecular Hbond substituents is 1. The number of fused-ring (bicyclic) bond motifs is 4. The molecule has 3 aromatic carbocycles. The highest BCUT2D eigenvalue weighted by atomic mass is 19.2. The van der Waals surface area contributed by atoms with Crippen LogP contribution in [0.2, 0.25) is 0 Å². The van der Waals surface area contributed by atoms with E-state index in [2.05, 4.69) is 20.5 Å². The molecule has 2 bridgehead atoms. The van der Waals surface area contributed by atoms with Gasteiger partial charge in [-0.15, -0.1) is 0 Å². The minimum Gasteiger partial charge on any atom is -0.508 e. The Labute approximate surface area is 292 Å². The number of amides is 1. The predicted octanol–water partition coefficient (Wildman–Crippen LogP) is 5.80. The number of benzene rings is 3. The van der Waals surface area contributed by atoms with Gasteiger partial charge in [0.1, 0.15) is 22.9 Å². The van der Waals surface area contributed by atoms with Gasteiger partial charge in [0.05, 0.1) is 17.6 Å². The van der Waals surface area contributed by atoms with Crippen molar-refractivity contribution in [3.63, 3.8) is 0 Å². The van der Waals surface area contributed by atoms with Crippen LogP contribution >= 0.6 is 0 Å². The van der Waals surface area contributed by atoms with E-state index in [9.17, 15) is 14.3 Å². The Morgan fingerprint density at radius 1 is 0.922 bits per heavy atom. The van der Waals surface area contributed by atoms with E-state index < -0.39 is 28.8 Å². The number of phenols is 1. The fraction of sp³-hybridized carbons (Fsp3) is 0.500. The molecule has 9 rings (SSSR count). The van der Waals surface area contributed by atoms with Crippen molar-refractivity contribution in [2.24, 2.45) is 10.8 Å². The molecular weight excluding hydrogens is 664 g/mol. The molecule has 3 N–H and O–H groups in total. The molecule has 1 saturated carbocycles. The van der Waals surface area contributed by atoms with Crippen LogP contribution in [0.1, 0.15) is 51.4 Å². The number of piperidine rings is 2. The first-order valence-corrected chi connectivity index (χ1v) is 18.1. The Kier molecular flexibility index (Phi) is 7.80. The minimum absolute atomic E-state index is 0.0411. The minimum atomic E-state index is -1.27. The Bertz CT molecular complexity index is 2060. The van der Waals surface area contributed by atoms with Gasteiger partial charge in [0.2, 0.25) is 5.91 Å². The summed E-state index contributed by atoms with van der Waals surface area (Å²) in [6.07, 6.45) is 7.50. The number of halogens is 4. The SMILES string of the molecule is O=C1NCCCC12CCN(CC1(COc3nc(N4CC5CCC(C4)N5)c4cc(F)c(-c5cc(O)cc6ccc(F)c(F)c56)c(F)c4n3)CC1)CC2. The third kappa shape index (κ3) is 5.72. The molecule has 1 spiro atoms. The lowest BCUT2D eigenvalue weighted by molar-refractivity contribution is -0.136. The molecule has 0 radical (unpaired) electrons. The normalized spacial score (nSPS) is 24.0. The van der Waals surface area contributed by atoms with Crippen molar-refractivity contribution >= 4 is 33.4 Å². The Hall–Kier alpha value is -4.23. The standard InChI is InChI=1S/C38H40F4N6O3/c39-27-5-2-21-14-24(49)15-25(29(21)31(27)41)30-28(40)16-26-33(32(30)42)45-36(46-34(26)48-17-22-3-4-23(18-48)44-22)51-20-37(7-8-37)19-47-12-9-38(10-13-47)6-1-11-43-35(38)50/h2,5,14-16,22-23,44,49H,1,3-4,6-13,17-20H2,(H,43,50). The van der Waals surface area contributed by atoms with Gasteiger partial charge in [0, 0.05) is 60.0 Å². The number of nitrogens with zero attached hydrogens (tertiary/aromatic N) is 4. The Balaban J connectivity index is 1.06. The zero-order chi connectivity index (χ0) is 35.1. The fourth-order valence-electron chi connectivity index (χ4n) is 9.02. The van der Waals surface area contributed by atoms with Crippen LogP contribution in [0.15, 0.2) is 30.3 Å². The highest BCUT2D eigenvalue weighted by Gasteiger charge is 2.48. The van der Waals surface area contributed by atoms with Crippen LogP contribution in [-0.2, 0) is 4.79 Å². The number of likely N-dealkylation sites (tertiary alicyclic amines) is 1. The van der Waals surface area contributed by atoms with E-state index in [0.717, 1.165) is 95.7 Å². The van der Waals surface area contributed by atoms with E-state index in [1.165, 1.54) is 12.1 Å². The summed E-state index contributed by atoms with van der Waals surface area (Å²) in [7, 11) is 0. The molecule has 51 heavy (non-hydrogen) atoms. The molecule has 9 nitrogen and oxygen atoms in total. The van der Waals surface area contributed by atoms with Crippen molar-refractivity contribution in [1.82, 2.24) is 25.5 Å². The number of ether oxygens (including phenoxy) is 1. The van der Waals surface area contributed by atoms with Crippen molar-refractivity contribution in [3.8, 4) is 22.9 Å². The number of aromatic hydroxyl groups is 1. The van der Waals surface area contributed by atoms with E-state index >= 15 is 13.2 Å². The topological polar surface area (TPSA) is 103 Å². The molecular formula is C38H40F4N6O3. The number of hydrogen-bond acceptors (Lipinski definition) is 8. The van der Waals surface area contributed by atoms with Crippen LogP contribution < -0.4 is 20.3 Å². The molecule has 268 valence electrons. The molecule has 2 atom stereocenters. The van der Waals surface area contributed by atoms with Gasteiger partial charge in [-0.25, -0.2) is 17.6 Å². The summed E-state index contributed by atoms with van der Waals surface area (Å²) >= 11 is 0. The lowest BCUT2D eigenvalue weighted by atomic mass is 9.72. The second-order valence-corrected chi connectivity index (χ2v) is 15.5. The lowest BCUT2D eigenvalue weighted by Crippen LogP contribution is -2.52. The number of carbonyl (C=O) groups is 1. The number of piperazine rings is 1. The van der Waals surface area contributed by atoms with Crippen molar-refractivity contribution in [2.45, 2.75) is 63.5 Å². The highest BCUT2D eigenvalue weighted by Crippen LogP contribution is 2.48. The second kappa shape index (κ2) is 12.2. The maximum Gasteiger partial charge on any atom is 0.319 e. The van der Waals surface area contributed by atoms with E-state index in [0.29, 0.717) is 25.5 Å². The van der Waals surface area contributed by atoms with E-state index in [-0.39, 0.29) is 67.8 Å². The van der Waals surface area contributed by atoms with E-state index in [1.807, 2.05) is 4.90 Å². The summed E-state index contributed by atoms with van der Waals surface area (Å²) in [6, 6.07) is 5.92. The van der Waals surface area contributed by atoms with Crippen LogP contribution in [-0.4, -0.2) is 83.8 Å². The number of nitrogens with one attached hydrogen (secondary N) is 2. The summed E-state index contributed by atoms with van der Waals surface area (Å²) in [6.45, 7) is 4.73. The van der Waals surface area contributed by atoms with Gasteiger partial charge in [-0.05, 0) is 94.1 Å². The average Bonchev–Trinajstić information content (AvgIpc) is 3.80. The van der Waals surface area contributed by atoms with Gasteiger partial charge in [0.25, 0.3) is 0 Å². The molecule has 1 aromatic heterocycles. The Morgan fingerprint density at radius 3 is 2.41 bits per heavy atom. The number of anilines is 1. The highest BCUT2D eigenvalue weighted by molar-refractivity contribution is 6.02. The van der Waals surface area contributed by atoms with Gasteiger partial charge < -0.3 is 30.3 Å². The molecule has 5 aliphatic rings. The number of aromatic nitrogens is 2. The summed E-state index contributed by atoms with van der Waals surface area (Å²) < 4.78 is 68.9. The molecule has 4 aliphatic heterocycles. The third-order valence-electron chi connectivity index (χ3n) is 12.1. The predicted molar refractivity (Wildman–Crippen MR) is 184 cm³/mol. The summed E-state index contributed by atoms with van der Waals surface area (Å²) in [5, 5.41) is 17.0. The zero-order valence-corrected chi connectivity index (χ0v) is 28.2. The third-order valence-corrected chi connectivity index (χ3v) is 12.1. The average molecular weight is 705 g/mol. The fourth-order valence-corrected chi connectivity index (χ4v) is 9.02. The van der Waals surface area contributed by atoms with Crippen LogP contribution in [0, 0.1) is 34.1 Å². The number of carbonyl (C=O) groups excluding carboxylic acids is 1. The summed E-state index contributed by atoms with van der Waals surface area (Å²) in [5.74, 6) is -4.36. The Morgan fingerprint density at radius 2 is 1.69 bits per heavy atom.